The highest BCUT2D eigenvalue weighted by Crippen LogP contribution is 2.38. The van der Waals surface area contributed by atoms with Crippen molar-refractivity contribution >= 4 is 22.7 Å². The summed E-state index contributed by atoms with van der Waals surface area (Å²) in [4.78, 5) is 27.3. The van der Waals surface area contributed by atoms with Crippen LogP contribution in [-0.4, -0.2) is 29.4 Å². The number of benzene rings is 1. The molecule has 1 fully saturated rings. The number of anilines is 2. The van der Waals surface area contributed by atoms with Crippen LogP contribution in [0, 0.1) is 5.92 Å². The van der Waals surface area contributed by atoms with Crippen LogP contribution in [0.1, 0.15) is 43.9 Å². The molecule has 2 aliphatic carbocycles. The van der Waals surface area contributed by atoms with Crippen molar-refractivity contribution in [1.82, 2.24) is 24.3 Å². The van der Waals surface area contributed by atoms with Gasteiger partial charge in [-0.3, -0.25) is 4.79 Å². The predicted octanol–water partition coefficient (Wildman–Crippen LogP) is 3.67. The van der Waals surface area contributed by atoms with Gasteiger partial charge in [0.25, 0.3) is 5.56 Å². The largest absolute Gasteiger partial charge is 0.384 e. The van der Waals surface area contributed by atoms with Crippen LogP contribution in [0.2, 0.25) is 0 Å². The first-order valence-corrected chi connectivity index (χ1v) is 11.6. The van der Waals surface area contributed by atoms with Gasteiger partial charge >= 0.3 is 0 Å². The van der Waals surface area contributed by atoms with Crippen molar-refractivity contribution in [2.45, 2.75) is 51.2 Å². The molecule has 33 heavy (non-hydrogen) atoms. The van der Waals surface area contributed by atoms with E-state index >= 15 is 0 Å². The van der Waals surface area contributed by atoms with Gasteiger partial charge in [0.2, 0.25) is 5.95 Å². The average molecular weight is 443 g/mol. The van der Waals surface area contributed by atoms with Crippen LogP contribution in [0.5, 0.6) is 0 Å². The molecule has 168 valence electrons. The zero-order chi connectivity index (χ0) is 22.6. The molecule has 0 radical (unpaired) electrons. The Morgan fingerprint density at radius 3 is 2.73 bits per heavy atom. The Kier molecular flexibility index (Phi) is 4.58. The summed E-state index contributed by atoms with van der Waals surface area (Å²) in [6.07, 6.45) is 5.91. The number of nitrogens with one attached hydrogen (secondary N) is 1. The van der Waals surface area contributed by atoms with E-state index in [0.29, 0.717) is 53.8 Å². The normalized spacial score (nSPS) is 19.7. The van der Waals surface area contributed by atoms with Gasteiger partial charge in [-0.25, -0.2) is 19.3 Å². The molecule has 0 aliphatic heterocycles. The van der Waals surface area contributed by atoms with Crippen molar-refractivity contribution in [3.63, 3.8) is 0 Å². The van der Waals surface area contributed by atoms with Crippen molar-refractivity contribution in [3.05, 3.63) is 70.3 Å². The SMILES string of the molecule is CC[C@@]1(O)CCc2ccc(-n3c4nc(Nc5ccccc5)ncc4c(=O)n3CC3CC3)nc21. The first-order chi connectivity index (χ1) is 16.1. The number of aromatic nitrogens is 5. The average Bonchev–Trinajstić information content (AvgIpc) is 3.55. The lowest BCUT2D eigenvalue weighted by atomic mass is 9.98. The van der Waals surface area contributed by atoms with Gasteiger partial charge in [-0.1, -0.05) is 31.2 Å². The number of fused-ring (bicyclic) bond motifs is 2. The summed E-state index contributed by atoms with van der Waals surface area (Å²) in [5.41, 5.74) is 2.12. The lowest BCUT2D eigenvalue weighted by Gasteiger charge is -2.21. The number of hydrogen-bond donors (Lipinski definition) is 2. The van der Waals surface area contributed by atoms with Gasteiger partial charge in [0.05, 0.1) is 5.69 Å². The Morgan fingerprint density at radius 2 is 1.97 bits per heavy atom. The summed E-state index contributed by atoms with van der Waals surface area (Å²) in [5, 5.41) is 14.8. The summed E-state index contributed by atoms with van der Waals surface area (Å²) < 4.78 is 3.54. The number of rotatable bonds is 6. The second-order valence-corrected chi connectivity index (χ2v) is 9.13. The van der Waals surface area contributed by atoms with Crippen molar-refractivity contribution in [2.75, 3.05) is 5.32 Å². The Morgan fingerprint density at radius 1 is 1.15 bits per heavy atom. The van der Waals surface area contributed by atoms with Crippen LogP contribution in [-0.2, 0) is 18.6 Å². The standard InChI is InChI=1S/C25H26N6O2/c1-2-25(33)13-12-17-10-11-20(28-21(17)25)31-22-19(23(32)30(31)15-16-8-9-16)14-26-24(29-22)27-18-6-4-3-5-7-18/h3-7,10-11,14,16,33H,2,8-9,12-13,15H2,1H3,(H,26,27,29)/t25-/m1/s1. The Labute approximate surface area is 190 Å². The molecular weight excluding hydrogens is 416 g/mol. The highest BCUT2D eigenvalue weighted by Gasteiger charge is 2.37. The summed E-state index contributed by atoms with van der Waals surface area (Å²) in [7, 11) is 0. The smallest absolute Gasteiger partial charge is 0.278 e. The maximum absolute atomic E-state index is 13.3. The van der Waals surface area contributed by atoms with Gasteiger partial charge in [-0.05, 0) is 61.8 Å². The highest BCUT2D eigenvalue weighted by atomic mass is 16.3. The minimum absolute atomic E-state index is 0.115. The Hall–Kier alpha value is -3.52. The fraction of sp³-hybridized carbons (Fsp3) is 0.360. The fourth-order valence-electron chi connectivity index (χ4n) is 4.69. The van der Waals surface area contributed by atoms with Gasteiger partial charge in [-0.15, -0.1) is 0 Å². The van der Waals surface area contributed by atoms with Gasteiger partial charge in [0.15, 0.2) is 11.5 Å². The number of pyridine rings is 1. The summed E-state index contributed by atoms with van der Waals surface area (Å²) >= 11 is 0. The zero-order valence-corrected chi connectivity index (χ0v) is 18.5. The van der Waals surface area contributed by atoms with Gasteiger partial charge < -0.3 is 10.4 Å². The van der Waals surface area contributed by atoms with Gasteiger partial charge in [-0.2, -0.15) is 4.98 Å². The molecule has 2 N–H and O–H groups in total. The van der Waals surface area contributed by atoms with E-state index in [-0.39, 0.29) is 5.56 Å². The summed E-state index contributed by atoms with van der Waals surface area (Å²) in [5.74, 6) is 1.50. The quantitative estimate of drug-likeness (QED) is 0.473. The predicted molar refractivity (Wildman–Crippen MR) is 126 cm³/mol. The molecule has 8 heteroatoms. The van der Waals surface area contributed by atoms with E-state index < -0.39 is 5.60 Å². The van der Waals surface area contributed by atoms with E-state index in [4.69, 9.17) is 9.97 Å². The number of para-hydroxylation sites is 1. The highest BCUT2D eigenvalue weighted by molar-refractivity contribution is 5.77. The van der Waals surface area contributed by atoms with E-state index in [2.05, 4.69) is 10.3 Å². The molecule has 3 heterocycles. The molecule has 1 atom stereocenters. The molecule has 4 aromatic rings. The summed E-state index contributed by atoms with van der Waals surface area (Å²) in [6.45, 7) is 2.60. The molecule has 2 aliphatic rings. The summed E-state index contributed by atoms with van der Waals surface area (Å²) in [6, 6.07) is 13.6. The maximum Gasteiger partial charge on any atom is 0.278 e. The molecule has 0 bridgehead atoms. The molecule has 0 unspecified atom stereocenters. The maximum atomic E-state index is 13.3. The number of aliphatic hydroxyl groups is 1. The number of nitrogens with zero attached hydrogens (tertiary/aromatic N) is 5. The van der Waals surface area contributed by atoms with Crippen LogP contribution in [0.25, 0.3) is 16.9 Å². The first-order valence-electron chi connectivity index (χ1n) is 11.6. The fourth-order valence-corrected chi connectivity index (χ4v) is 4.69. The molecule has 1 saturated carbocycles. The molecule has 3 aromatic heterocycles. The topological polar surface area (TPSA) is 97.9 Å². The monoisotopic (exact) mass is 442 g/mol. The van der Waals surface area contributed by atoms with Gasteiger partial charge in [0, 0.05) is 18.4 Å². The van der Waals surface area contributed by atoms with Crippen molar-refractivity contribution in [2.24, 2.45) is 5.92 Å². The van der Waals surface area contributed by atoms with E-state index in [1.807, 2.05) is 54.1 Å². The van der Waals surface area contributed by atoms with Crippen molar-refractivity contribution < 1.29 is 5.11 Å². The molecule has 1 aromatic carbocycles. The van der Waals surface area contributed by atoms with E-state index in [1.165, 1.54) is 0 Å². The van der Waals surface area contributed by atoms with Crippen LogP contribution in [0.15, 0.2) is 53.5 Å². The van der Waals surface area contributed by atoms with E-state index in [9.17, 15) is 9.90 Å². The second kappa shape index (κ2) is 7.52. The number of hydrogen-bond acceptors (Lipinski definition) is 6. The second-order valence-electron chi connectivity index (χ2n) is 9.13. The molecule has 0 amide bonds. The molecule has 0 saturated heterocycles. The molecule has 8 nitrogen and oxygen atoms in total. The lowest BCUT2D eigenvalue weighted by molar-refractivity contribution is 0.0305. The van der Waals surface area contributed by atoms with E-state index in [0.717, 1.165) is 30.5 Å². The van der Waals surface area contributed by atoms with Crippen LogP contribution in [0.4, 0.5) is 11.6 Å². The Bertz CT molecular complexity index is 1410. The third-order valence-corrected chi connectivity index (χ3v) is 6.85. The molecule has 0 spiro atoms. The third-order valence-electron chi connectivity index (χ3n) is 6.85. The Balaban J connectivity index is 1.53. The van der Waals surface area contributed by atoms with E-state index in [1.54, 1.807) is 10.9 Å². The molecular formula is C25H26N6O2. The zero-order valence-electron chi connectivity index (χ0n) is 18.5. The van der Waals surface area contributed by atoms with Crippen LogP contribution >= 0.6 is 0 Å². The van der Waals surface area contributed by atoms with Crippen LogP contribution < -0.4 is 10.9 Å². The van der Waals surface area contributed by atoms with Crippen LogP contribution in [0.3, 0.4) is 0 Å². The molecule has 6 rings (SSSR count). The number of aryl methyl sites for hydroxylation is 1. The third kappa shape index (κ3) is 3.41. The minimum atomic E-state index is -0.926. The van der Waals surface area contributed by atoms with Crippen molar-refractivity contribution in [3.8, 4) is 5.82 Å². The lowest BCUT2D eigenvalue weighted by Crippen LogP contribution is -2.26. The minimum Gasteiger partial charge on any atom is -0.384 e. The van der Waals surface area contributed by atoms with Gasteiger partial charge in [0.1, 0.15) is 11.0 Å². The first kappa shape index (κ1) is 20.1. The van der Waals surface area contributed by atoms with Crippen molar-refractivity contribution in [1.29, 1.82) is 0 Å².